The first-order chi connectivity index (χ1) is 7.74. The lowest BCUT2D eigenvalue weighted by molar-refractivity contribution is 0.0689. The molecule has 4 nitrogen and oxygen atoms in total. The SMILES string of the molecule is O=C(O)c1ccnc(C2CC3CCC2C3)n1. The smallest absolute Gasteiger partial charge is 0.354 e. The molecule has 2 fully saturated rings. The van der Waals surface area contributed by atoms with E-state index in [0.29, 0.717) is 11.8 Å². The predicted octanol–water partition coefficient (Wildman–Crippen LogP) is 2.08. The average Bonchev–Trinajstić information content (AvgIpc) is 2.91. The summed E-state index contributed by atoms with van der Waals surface area (Å²) >= 11 is 0. The van der Waals surface area contributed by atoms with Crippen LogP contribution in [-0.2, 0) is 0 Å². The molecule has 2 saturated carbocycles. The number of hydrogen-bond donors (Lipinski definition) is 1. The molecular formula is C12H14N2O2. The topological polar surface area (TPSA) is 63.1 Å². The van der Waals surface area contributed by atoms with Crippen LogP contribution in [0.5, 0.6) is 0 Å². The van der Waals surface area contributed by atoms with Crippen LogP contribution in [0.25, 0.3) is 0 Å². The fraction of sp³-hybridized carbons (Fsp3) is 0.583. The predicted molar refractivity (Wildman–Crippen MR) is 57.2 cm³/mol. The van der Waals surface area contributed by atoms with Crippen LogP contribution in [0.3, 0.4) is 0 Å². The van der Waals surface area contributed by atoms with E-state index in [0.717, 1.165) is 18.2 Å². The van der Waals surface area contributed by atoms with Gasteiger partial charge < -0.3 is 5.11 Å². The van der Waals surface area contributed by atoms with Gasteiger partial charge in [0, 0.05) is 12.1 Å². The summed E-state index contributed by atoms with van der Waals surface area (Å²) in [6.07, 6.45) is 6.59. The summed E-state index contributed by atoms with van der Waals surface area (Å²) in [6, 6.07) is 1.46. The van der Waals surface area contributed by atoms with Gasteiger partial charge >= 0.3 is 5.97 Å². The summed E-state index contributed by atoms with van der Waals surface area (Å²) < 4.78 is 0. The molecule has 2 aliphatic rings. The third-order valence-corrected chi connectivity index (χ3v) is 3.96. The van der Waals surface area contributed by atoms with Crippen LogP contribution < -0.4 is 0 Å². The second kappa shape index (κ2) is 3.54. The number of aromatic carboxylic acids is 1. The normalized spacial score (nSPS) is 31.9. The Morgan fingerprint density at radius 1 is 1.38 bits per heavy atom. The van der Waals surface area contributed by atoms with Gasteiger partial charge in [-0.15, -0.1) is 0 Å². The van der Waals surface area contributed by atoms with Crippen molar-refractivity contribution in [2.24, 2.45) is 11.8 Å². The van der Waals surface area contributed by atoms with Crippen LogP contribution in [0, 0.1) is 11.8 Å². The quantitative estimate of drug-likeness (QED) is 0.825. The molecule has 2 aliphatic carbocycles. The summed E-state index contributed by atoms with van der Waals surface area (Å²) in [6.45, 7) is 0. The van der Waals surface area contributed by atoms with Crippen molar-refractivity contribution in [3.8, 4) is 0 Å². The highest BCUT2D eigenvalue weighted by Crippen LogP contribution is 2.51. The molecule has 4 heteroatoms. The molecule has 0 amide bonds. The Morgan fingerprint density at radius 3 is 2.88 bits per heavy atom. The second-order valence-electron chi connectivity index (χ2n) is 4.89. The van der Waals surface area contributed by atoms with E-state index < -0.39 is 5.97 Å². The van der Waals surface area contributed by atoms with Gasteiger partial charge in [-0.25, -0.2) is 14.8 Å². The maximum atomic E-state index is 10.8. The van der Waals surface area contributed by atoms with Crippen LogP contribution in [0.2, 0.25) is 0 Å². The molecule has 1 heterocycles. The van der Waals surface area contributed by atoms with Crippen molar-refractivity contribution in [2.45, 2.75) is 31.6 Å². The molecule has 2 bridgehead atoms. The van der Waals surface area contributed by atoms with Gasteiger partial charge in [-0.05, 0) is 37.2 Å². The zero-order valence-corrected chi connectivity index (χ0v) is 8.97. The highest BCUT2D eigenvalue weighted by atomic mass is 16.4. The minimum atomic E-state index is -0.966. The zero-order valence-electron chi connectivity index (χ0n) is 8.97. The van der Waals surface area contributed by atoms with E-state index in [-0.39, 0.29) is 5.69 Å². The molecule has 0 aromatic carbocycles. The van der Waals surface area contributed by atoms with Crippen molar-refractivity contribution in [1.82, 2.24) is 9.97 Å². The standard InChI is InChI=1S/C12H14N2O2/c15-12(16)10-3-4-13-11(14-10)9-6-7-1-2-8(9)5-7/h3-4,7-9H,1-2,5-6H2,(H,15,16). The molecule has 1 N–H and O–H groups in total. The maximum Gasteiger partial charge on any atom is 0.354 e. The van der Waals surface area contributed by atoms with Crippen molar-refractivity contribution >= 4 is 5.97 Å². The van der Waals surface area contributed by atoms with Crippen LogP contribution in [0.4, 0.5) is 0 Å². The van der Waals surface area contributed by atoms with E-state index in [2.05, 4.69) is 9.97 Å². The largest absolute Gasteiger partial charge is 0.477 e. The third-order valence-electron chi connectivity index (χ3n) is 3.96. The van der Waals surface area contributed by atoms with Gasteiger partial charge in [0.25, 0.3) is 0 Å². The third kappa shape index (κ3) is 1.49. The van der Waals surface area contributed by atoms with Crippen LogP contribution in [0.15, 0.2) is 12.3 Å². The molecule has 3 unspecified atom stereocenters. The number of carboxylic acid groups (broad SMARTS) is 1. The number of hydrogen-bond acceptors (Lipinski definition) is 3. The van der Waals surface area contributed by atoms with Crippen LogP contribution in [-0.4, -0.2) is 21.0 Å². The lowest BCUT2D eigenvalue weighted by Crippen LogP contribution is -2.14. The summed E-state index contributed by atoms with van der Waals surface area (Å²) in [5, 5.41) is 8.89. The van der Waals surface area contributed by atoms with Crippen molar-refractivity contribution < 1.29 is 9.90 Å². The first-order valence-electron chi connectivity index (χ1n) is 5.80. The molecule has 84 valence electrons. The van der Waals surface area contributed by atoms with Gasteiger partial charge in [-0.3, -0.25) is 0 Å². The Bertz CT molecular complexity index is 433. The lowest BCUT2D eigenvalue weighted by Gasteiger charge is -2.19. The molecule has 0 spiro atoms. The Morgan fingerprint density at radius 2 is 2.25 bits per heavy atom. The minimum Gasteiger partial charge on any atom is -0.477 e. The Kier molecular flexibility index (Phi) is 2.16. The summed E-state index contributed by atoms with van der Waals surface area (Å²) in [5.74, 6) is 1.69. The van der Waals surface area contributed by atoms with Crippen molar-refractivity contribution in [2.75, 3.05) is 0 Å². The summed E-state index contributed by atoms with van der Waals surface area (Å²) in [7, 11) is 0. The molecule has 0 saturated heterocycles. The Balaban J connectivity index is 1.89. The van der Waals surface area contributed by atoms with Crippen molar-refractivity contribution in [1.29, 1.82) is 0 Å². The number of nitrogens with zero attached hydrogens (tertiary/aromatic N) is 2. The monoisotopic (exact) mass is 218 g/mol. The lowest BCUT2D eigenvalue weighted by atomic mass is 9.88. The number of carboxylic acids is 1. The molecular weight excluding hydrogens is 204 g/mol. The van der Waals surface area contributed by atoms with E-state index in [1.54, 1.807) is 6.20 Å². The Labute approximate surface area is 93.7 Å². The molecule has 0 radical (unpaired) electrons. The van der Waals surface area contributed by atoms with Gasteiger partial charge in [0.1, 0.15) is 5.82 Å². The van der Waals surface area contributed by atoms with Crippen LogP contribution >= 0.6 is 0 Å². The van der Waals surface area contributed by atoms with Gasteiger partial charge in [-0.2, -0.15) is 0 Å². The molecule has 16 heavy (non-hydrogen) atoms. The fourth-order valence-corrected chi connectivity index (χ4v) is 3.23. The molecule has 3 atom stereocenters. The number of carbonyl (C=O) groups is 1. The first-order valence-corrected chi connectivity index (χ1v) is 5.80. The molecule has 1 aromatic heterocycles. The van der Waals surface area contributed by atoms with Gasteiger partial charge in [0.2, 0.25) is 0 Å². The van der Waals surface area contributed by atoms with Gasteiger partial charge in [0.05, 0.1) is 0 Å². The highest BCUT2D eigenvalue weighted by Gasteiger charge is 2.41. The van der Waals surface area contributed by atoms with E-state index in [1.165, 1.54) is 25.3 Å². The Hall–Kier alpha value is -1.45. The van der Waals surface area contributed by atoms with E-state index in [9.17, 15) is 4.79 Å². The van der Waals surface area contributed by atoms with Crippen LogP contribution in [0.1, 0.15) is 47.9 Å². The summed E-state index contributed by atoms with van der Waals surface area (Å²) in [5.41, 5.74) is 0.118. The zero-order chi connectivity index (χ0) is 11.1. The molecule has 1 aromatic rings. The number of fused-ring (bicyclic) bond motifs is 2. The molecule has 0 aliphatic heterocycles. The average molecular weight is 218 g/mol. The fourth-order valence-electron chi connectivity index (χ4n) is 3.23. The maximum absolute atomic E-state index is 10.8. The van der Waals surface area contributed by atoms with E-state index in [4.69, 9.17) is 5.11 Å². The second-order valence-corrected chi connectivity index (χ2v) is 4.89. The number of aromatic nitrogens is 2. The van der Waals surface area contributed by atoms with Crippen molar-refractivity contribution in [3.63, 3.8) is 0 Å². The minimum absolute atomic E-state index is 0.118. The van der Waals surface area contributed by atoms with Gasteiger partial charge in [-0.1, -0.05) is 6.42 Å². The van der Waals surface area contributed by atoms with Crippen molar-refractivity contribution in [3.05, 3.63) is 23.8 Å². The highest BCUT2D eigenvalue weighted by molar-refractivity contribution is 5.85. The first kappa shape index (κ1) is 9.75. The number of rotatable bonds is 2. The van der Waals surface area contributed by atoms with E-state index in [1.807, 2.05) is 0 Å². The van der Waals surface area contributed by atoms with Gasteiger partial charge in [0.15, 0.2) is 5.69 Å². The summed E-state index contributed by atoms with van der Waals surface area (Å²) in [4.78, 5) is 19.2. The molecule has 3 rings (SSSR count). The van der Waals surface area contributed by atoms with E-state index >= 15 is 0 Å².